The van der Waals surface area contributed by atoms with Gasteiger partial charge in [-0.3, -0.25) is 19.5 Å². The van der Waals surface area contributed by atoms with Gasteiger partial charge in [-0.2, -0.15) is 4.98 Å². The van der Waals surface area contributed by atoms with Gasteiger partial charge in [0.2, 0.25) is 23.5 Å². The van der Waals surface area contributed by atoms with Crippen molar-refractivity contribution in [1.29, 1.82) is 0 Å². The first-order chi connectivity index (χ1) is 13.5. The van der Waals surface area contributed by atoms with Crippen molar-refractivity contribution in [1.82, 2.24) is 29.8 Å². The first kappa shape index (κ1) is 19.9. The minimum atomic E-state index is 0.0736. The highest BCUT2D eigenvalue weighted by Gasteiger charge is 2.21. The summed E-state index contributed by atoms with van der Waals surface area (Å²) in [7, 11) is 3.52. The summed E-state index contributed by atoms with van der Waals surface area (Å²) < 4.78 is 5.26. The number of carbonyl (C=O) groups is 2. The van der Waals surface area contributed by atoms with Crippen molar-refractivity contribution in [3.63, 3.8) is 0 Å². The van der Waals surface area contributed by atoms with Gasteiger partial charge in [0.05, 0.1) is 6.54 Å². The molecule has 150 valence electrons. The molecule has 0 spiro atoms. The lowest BCUT2D eigenvalue weighted by Gasteiger charge is -2.22. The molecule has 0 atom stereocenters. The molecule has 0 N–H and O–H groups in total. The van der Waals surface area contributed by atoms with Crippen LogP contribution in [0.15, 0.2) is 29.0 Å². The molecule has 28 heavy (non-hydrogen) atoms. The first-order valence-electron chi connectivity index (χ1n) is 9.46. The molecule has 1 aliphatic heterocycles. The zero-order chi connectivity index (χ0) is 19.9. The smallest absolute Gasteiger partial charge is 0.236 e. The number of aryl methyl sites for hydroxylation is 1. The number of hydrogen-bond donors (Lipinski definition) is 0. The van der Waals surface area contributed by atoms with Crippen molar-refractivity contribution in [2.45, 2.75) is 19.3 Å². The van der Waals surface area contributed by atoms with Gasteiger partial charge < -0.3 is 14.3 Å². The largest absolute Gasteiger partial charge is 0.348 e. The molecule has 1 fully saturated rings. The van der Waals surface area contributed by atoms with Crippen LogP contribution in [0.4, 0.5) is 0 Å². The zero-order valence-corrected chi connectivity index (χ0v) is 16.4. The van der Waals surface area contributed by atoms with E-state index >= 15 is 0 Å². The third-order valence-electron chi connectivity index (χ3n) is 4.76. The molecule has 0 radical (unpaired) electrons. The number of amides is 2. The number of aromatic nitrogens is 3. The average Bonchev–Trinajstić information content (AvgIpc) is 3.06. The Morgan fingerprint density at radius 2 is 1.93 bits per heavy atom. The fourth-order valence-corrected chi connectivity index (χ4v) is 3.06. The Morgan fingerprint density at radius 1 is 1.14 bits per heavy atom. The van der Waals surface area contributed by atoms with Crippen LogP contribution in [0, 0.1) is 0 Å². The lowest BCUT2D eigenvalue weighted by Crippen LogP contribution is -2.39. The standard InChI is InChI=1S/C19H26N6O3/c1-23(2)18(27)14-24-10-3-11-25(13-12-24)17(26)5-4-16-21-19(22-28-16)15-6-8-20-9-7-15/h6-9H,3-5,10-14H2,1-2H3. The fraction of sp³-hybridized carbons (Fsp3) is 0.526. The summed E-state index contributed by atoms with van der Waals surface area (Å²) in [5.74, 6) is 1.11. The molecule has 1 aliphatic rings. The van der Waals surface area contributed by atoms with E-state index in [-0.39, 0.29) is 11.8 Å². The molecule has 2 aromatic heterocycles. The maximum Gasteiger partial charge on any atom is 0.236 e. The van der Waals surface area contributed by atoms with E-state index in [0.717, 1.165) is 18.5 Å². The molecule has 1 saturated heterocycles. The summed E-state index contributed by atoms with van der Waals surface area (Å²) in [4.78, 5) is 38.3. The normalized spacial score (nSPS) is 15.3. The quantitative estimate of drug-likeness (QED) is 0.720. The maximum atomic E-state index is 12.6. The first-order valence-corrected chi connectivity index (χ1v) is 9.46. The SMILES string of the molecule is CN(C)C(=O)CN1CCCN(C(=O)CCc2nc(-c3ccncc3)no2)CC1. The van der Waals surface area contributed by atoms with E-state index < -0.39 is 0 Å². The van der Waals surface area contributed by atoms with E-state index in [1.54, 1.807) is 31.4 Å². The van der Waals surface area contributed by atoms with Crippen LogP contribution in [0.25, 0.3) is 11.4 Å². The molecule has 0 aromatic carbocycles. The van der Waals surface area contributed by atoms with Gasteiger partial charge in [0, 0.05) is 71.1 Å². The molecule has 2 aromatic rings. The Hall–Kier alpha value is -2.81. The van der Waals surface area contributed by atoms with Gasteiger partial charge in [0.15, 0.2) is 0 Å². The summed E-state index contributed by atoms with van der Waals surface area (Å²) in [5.41, 5.74) is 0.830. The molecule has 9 nitrogen and oxygen atoms in total. The molecule has 0 unspecified atom stereocenters. The molecular weight excluding hydrogens is 360 g/mol. The van der Waals surface area contributed by atoms with Crippen LogP contribution >= 0.6 is 0 Å². The lowest BCUT2D eigenvalue weighted by atomic mass is 10.2. The van der Waals surface area contributed by atoms with Crippen LogP contribution in [-0.4, -0.2) is 88.5 Å². The highest BCUT2D eigenvalue weighted by Crippen LogP contribution is 2.15. The predicted octanol–water partition coefficient (Wildman–Crippen LogP) is 0.687. The fourth-order valence-electron chi connectivity index (χ4n) is 3.06. The molecule has 2 amide bonds. The Labute approximate surface area is 164 Å². The number of nitrogens with zero attached hydrogens (tertiary/aromatic N) is 6. The van der Waals surface area contributed by atoms with E-state index in [9.17, 15) is 9.59 Å². The third-order valence-corrected chi connectivity index (χ3v) is 4.76. The highest BCUT2D eigenvalue weighted by atomic mass is 16.5. The van der Waals surface area contributed by atoms with Crippen molar-refractivity contribution in [2.75, 3.05) is 46.8 Å². The van der Waals surface area contributed by atoms with Crippen LogP contribution in [-0.2, 0) is 16.0 Å². The monoisotopic (exact) mass is 386 g/mol. The second kappa shape index (κ2) is 9.41. The van der Waals surface area contributed by atoms with E-state index in [0.29, 0.717) is 50.7 Å². The highest BCUT2D eigenvalue weighted by molar-refractivity contribution is 5.78. The Balaban J connectivity index is 1.47. The molecule has 0 saturated carbocycles. The van der Waals surface area contributed by atoms with Gasteiger partial charge in [-0.25, -0.2) is 0 Å². The average molecular weight is 386 g/mol. The summed E-state index contributed by atoms with van der Waals surface area (Å²) in [6, 6.07) is 3.62. The number of carbonyl (C=O) groups excluding carboxylic acids is 2. The second-order valence-corrected chi connectivity index (χ2v) is 7.05. The summed E-state index contributed by atoms with van der Waals surface area (Å²) in [6.45, 7) is 3.26. The molecular formula is C19H26N6O3. The van der Waals surface area contributed by atoms with E-state index in [4.69, 9.17) is 4.52 Å². The summed E-state index contributed by atoms with van der Waals surface area (Å²) in [5, 5.41) is 3.96. The van der Waals surface area contributed by atoms with Crippen molar-refractivity contribution >= 4 is 11.8 Å². The molecule has 3 rings (SSSR count). The summed E-state index contributed by atoms with van der Waals surface area (Å²) in [6.07, 6.45) is 4.94. The van der Waals surface area contributed by atoms with E-state index in [1.807, 2.05) is 17.0 Å². The number of pyridine rings is 1. The van der Waals surface area contributed by atoms with Gasteiger partial charge in [-0.1, -0.05) is 5.16 Å². The van der Waals surface area contributed by atoms with Gasteiger partial charge in [-0.05, 0) is 18.6 Å². The number of rotatable bonds is 6. The molecule has 9 heteroatoms. The minimum absolute atomic E-state index is 0.0736. The van der Waals surface area contributed by atoms with E-state index in [1.165, 1.54) is 0 Å². The Morgan fingerprint density at radius 3 is 2.68 bits per heavy atom. The van der Waals surface area contributed by atoms with Crippen molar-refractivity contribution in [3.05, 3.63) is 30.4 Å². The third kappa shape index (κ3) is 5.35. The van der Waals surface area contributed by atoms with Crippen LogP contribution in [0.1, 0.15) is 18.7 Å². The van der Waals surface area contributed by atoms with Crippen LogP contribution in [0.2, 0.25) is 0 Å². The van der Waals surface area contributed by atoms with Gasteiger partial charge in [0.1, 0.15) is 0 Å². The minimum Gasteiger partial charge on any atom is -0.348 e. The Bertz CT molecular complexity index is 792. The summed E-state index contributed by atoms with van der Waals surface area (Å²) >= 11 is 0. The number of likely N-dealkylation sites (N-methyl/N-ethyl adjacent to an activating group) is 1. The van der Waals surface area contributed by atoms with Crippen LogP contribution < -0.4 is 0 Å². The second-order valence-electron chi connectivity index (χ2n) is 7.05. The molecule has 0 aliphatic carbocycles. The maximum absolute atomic E-state index is 12.6. The molecule has 0 bridgehead atoms. The molecule has 3 heterocycles. The van der Waals surface area contributed by atoms with Crippen LogP contribution in [0.5, 0.6) is 0 Å². The lowest BCUT2D eigenvalue weighted by molar-refractivity contribution is -0.131. The zero-order valence-electron chi connectivity index (χ0n) is 16.4. The predicted molar refractivity (Wildman–Crippen MR) is 102 cm³/mol. The van der Waals surface area contributed by atoms with Crippen molar-refractivity contribution < 1.29 is 14.1 Å². The van der Waals surface area contributed by atoms with Crippen LogP contribution in [0.3, 0.4) is 0 Å². The van der Waals surface area contributed by atoms with Crippen molar-refractivity contribution in [3.8, 4) is 11.4 Å². The topological polar surface area (TPSA) is 95.7 Å². The van der Waals surface area contributed by atoms with E-state index in [2.05, 4.69) is 20.0 Å². The van der Waals surface area contributed by atoms with Gasteiger partial charge in [0.25, 0.3) is 0 Å². The van der Waals surface area contributed by atoms with Crippen molar-refractivity contribution in [2.24, 2.45) is 0 Å². The van der Waals surface area contributed by atoms with Gasteiger partial charge >= 0.3 is 0 Å². The van der Waals surface area contributed by atoms with Gasteiger partial charge in [-0.15, -0.1) is 0 Å². The number of hydrogen-bond acceptors (Lipinski definition) is 7. The Kier molecular flexibility index (Phi) is 6.70.